The maximum absolute atomic E-state index is 2.48. The van der Waals surface area contributed by atoms with Gasteiger partial charge >= 0.3 is 0 Å². The summed E-state index contributed by atoms with van der Waals surface area (Å²) >= 11 is 0. The maximum atomic E-state index is 2.48. The van der Waals surface area contributed by atoms with E-state index < -0.39 is 0 Å². The quantitative estimate of drug-likeness (QED) is 0.363. The van der Waals surface area contributed by atoms with Gasteiger partial charge in [-0.25, -0.2) is 0 Å². The lowest BCUT2D eigenvalue weighted by Crippen LogP contribution is -2.22. The standard InChI is InChI=1S/C28H50/c1-2-4-6-8-10-12-19-27-20-13-14-21-28(27)23-22-26-18-15-17-25(24-26)16-11-9-7-5-3-1/h3,5,25-28H,1-2,4,6-24H2. The zero-order valence-corrected chi connectivity index (χ0v) is 19.0. The molecule has 0 aromatic heterocycles. The summed E-state index contributed by atoms with van der Waals surface area (Å²) in [6, 6.07) is 0. The molecular weight excluding hydrogens is 336 g/mol. The molecular formula is C28H50. The Morgan fingerprint density at radius 2 is 0.821 bits per heavy atom. The minimum absolute atomic E-state index is 1.07. The highest BCUT2D eigenvalue weighted by atomic mass is 14.3. The van der Waals surface area contributed by atoms with Crippen molar-refractivity contribution in [2.45, 2.75) is 141 Å². The normalized spacial score (nSPS) is 35.4. The Balaban J connectivity index is 1.47. The van der Waals surface area contributed by atoms with Gasteiger partial charge in [-0.3, -0.25) is 0 Å². The van der Waals surface area contributed by atoms with Gasteiger partial charge in [0.1, 0.15) is 0 Å². The maximum Gasteiger partial charge on any atom is -0.0351 e. The van der Waals surface area contributed by atoms with E-state index in [1.807, 2.05) is 0 Å². The van der Waals surface area contributed by atoms with Crippen LogP contribution in [0.25, 0.3) is 0 Å². The topological polar surface area (TPSA) is 0 Å². The van der Waals surface area contributed by atoms with Crippen molar-refractivity contribution in [2.75, 3.05) is 0 Å². The number of fused-ring (bicyclic) bond motifs is 3. The van der Waals surface area contributed by atoms with Crippen molar-refractivity contribution < 1.29 is 0 Å². The van der Waals surface area contributed by atoms with Gasteiger partial charge in [0.05, 0.1) is 0 Å². The third-order valence-electron chi connectivity index (χ3n) is 8.50. The molecule has 0 N–H and O–H groups in total. The highest BCUT2D eigenvalue weighted by Gasteiger charge is 2.27. The van der Waals surface area contributed by atoms with E-state index in [1.54, 1.807) is 51.4 Å². The van der Waals surface area contributed by atoms with E-state index in [-0.39, 0.29) is 0 Å². The minimum Gasteiger partial charge on any atom is -0.0885 e. The first kappa shape index (κ1) is 22.4. The molecule has 3 rings (SSSR count). The third-order valence-corrected chi connectivity index (χ3v) is 8.50. The van der Waals surface area contributed by atoms with Crippen molar-refractivity contribution in [1.82, 2.24) is 0 Å². The fraction of sp³-hybridized carbons (Fsp3) is 0.929. The van der Waals surface area contributed by atoms with Crippen LogP contribution in [-0.4, -0.2) is 0 Å². The molecule has 4 unspecified atom stereocenters. The second kappa shape index (κ2) is 13.9. The van der Waals surface area contributed by atoms with Gasteiger partial charge in [-0.1, -0.05) is 115 Å². The molecule has 0 aromatic carbocycles. The predicted molar refractivity (Wildman–Crippen MR) is 125 cm³/mol. The van der Waals surface area contributed by atoms with Crippen molar-refractivity contribution >= 4 is 0 Å². The lowest BCUT2D eigenvalue weighted by atomic mass is 9.71. The van der Waals surface area contributed by atoms with E-state index in [0.717, 1.165) is 23.7 Å². The molecule has 0 nitrogen and oxygen atoms in total. The Morgan fingerprint density at radius 3 is 1.57 bits per heavy atom. The van der Waals surface area contributed by atoms with E-state index in [4.69, 9.17) is 0 Å². The molecule has 2 fully saturated rings. The highest BCUT2D eigenvalue weighted by molar-refractivity contribution is 4.82. The van der Waals surface area contributed by atoms with Crippen LogP contribution in [0.5, 0.6) is 0 Å². The Bertz CT molecular complexity index is 408. The fourth-order valence-corrected chi connectivity index (χ4v) is 6.73. The summed E-state index contributed by atoms with van der Waals surface area (Å²) in [5.74, 6) is 4.33. The summed E-state index contributed by atoms with van der Waals surface area (Å²) in [6.45, 7) is 0. The summed E-state index contributed by atoms with van der Waals surface area (Å²) < 4.78 is 0. The summed E-state index contributed by atoms with van der Waals surface area (Å²) in [7, 11) is 0. The molecule has 0 saturated heterocycles. The number of rotatable bonds is 0. The van der Waals surface area contributed by atoms with Crippen molar-refractivity contribution in [2.24, 2.45) is 23.7 Å². The molecule has 0 amide bonds. The van der Waals surface area contributed by atoms with Gasteiger partial charge in [0, 0.05) is 0 Å². The fourth-order valence-electron chi connectivity index (χ4n) is 6.73. The molecule has 3 aliphatic carbocycles. The Labute approximate surface area is 177 Å². The van der Waals surface area contributed by atoms with E-state index in [1.165, 1.54) is 89.9 Å². The SMILES string of the molecule is C1=CCCCCC2CCCC(CCC3CCCCC3CCCCCCCC1)C2. The first-order valence-electron chi connectivity index (χ1n) is 13.6. The number of allylic oxidation sites excluding steroid dienone is 2. The van der Waals surface area contributed by atoms with Crippen LogP contribution in [0.4, 0.5) is 0 Å². The highest BCUT2D eigenvalue weighted by Crippen LogP contribution is 2.40. The summed E-state index contributed by atoms with van der Waals surface area (Å²) in [6.07, 6.45) is 38.0. The van der Waals surface area contributed by atoms with Crippen molar-refractivity contribution in [3.8, 4) is 0 Å². The Morgan fingerprint density at radius 1 is 0.357 bits per heavy atom. The van der Waals surface area contributed by atoms with Gasteiger partial charge in [0.15, 0.2) is 0 Å². The van der Waals surface area contributed by atoms with Crippen LogP contribution < -0.4 is 0 Å². The summed E-state index contributed by atoms with van der Waals surface area (Å²) in [4.78, 5) is 0. The molecule has 2 bridgehead atoms. The molecule has 0 heterocycles. The lowest BCUT2D eigenvalue weighted by Gasteiger charge is -2.34. The van der Waals surface area contributed by atoms with Crippen LogP contribution in [0, 0.1) is 23.7 Å². The molecule has 28 heavy (non-hydrogen) atoms. The first-order chi connectivity index (χ1) is 13.9. The van der Waals surface area contributed by atoms with Gasteiger partial charge in [-0.05, 0) is 62.2 Å². The zero-order chi connectivity index (χ0) is 19.3. The van der Waals surface area contributed by atoms with Gasteiger partial charge < -0.3 is 0 Å². The smallest absolute Gasteiger partial charge is 0.0351 e. The second-order valence-electron chi connectivity index (χ2n) is 10.7. The largest absolute Gasteiger partial charge is 0.0885 e. The van der Waals surface area contributed by atoms with Gasteiger partial charge in [-0.2, -0.15) is 0 Å². The number of hydrogen-bond donors (Lipinski definition) is 0. The van der Waals surface area contributed by atoms with Gasteiger partial charge in [-0.15, -0.1) is 0 Å². The van der Waals surface area contributed by atoms with Gasteiger partial charge in [0.25, 0.3) is 0 Å². The van der Waals surface area contributed by atoms with Crippen LogP contribution >= 0.6 is 0 Å². The summed E-state index contributed by atoms with van der Waals surface area (Å²) in [5, 5.41) is 0. The molecule has 0 aliphatic heterocycles. The van der Waals surface area contributed by atoms with Crippen LogP contribution in [0.1, 0.15) is 141 Å². The Hall–Kier alpha value is -0.260. The van der Waals surface area contributed by atoms with Crippen LogP contribution in [-0.2, 0) is 0 Å². The average molecular weight is 387 g/mol. The van der Waals surface area contributed by atoms with Crippen molar-refractivity contribution in [1.29, 1.82) is 0 Å². The van der Waals surface area contributed by atoms with Crippen LogP contribution in [0.2, 0.25) is 0 Å². The van der Waals surface area contributed by atoms with E-state index in [0.29, 0.717) is 0 Å². The predicted octanol–water partition coefficient (Wildman–Crippen LogP) is 9.63. The van der Waals surface area contributed by atoms with E-state index in [9.17, 15) is 0 Å². The van der Waals surface area contributed by atoms with E-state index >= 15 is 0 Å². The lowest BCUT2D eigenvalue weighted by molar-refractivity contribution is 0.174. The third kappa shape index (κ3) is 8.62. The molecule has 3 aliphatic rings. The van der Waals surface area contributed by atoms with Crippen molar-refractivity contribution in [3.05, 3.63) is 12.2 Å². The molecule has 2 saturated carbocycles. The Kier molecular flexibility index (Phi) is 11.1. The van der Waals surface area contributed by atoms with E-state index in [2.05, 4.69) is 12.2 Å². The van der Waals surface area contributed by atoms with Crippen LogP contribution in [0.3, 0.4) is 0 Å². The molecule has 4 atom stereocenters. The minimum atomic E-state index is 1.07. The molecule has 0 aromatic rings. The molecule has 0 heteroatoms. The first-order valence-corrected chi connectivity index (χ1v) is 13.6. The number of hydrogen-bond acceptors (Lipinski definition) is 0. The van der Waals surface area contributed by atoms with Crippen molar-refractivity contribution in [3.63, 3.8) is 0 Å². The zero-order valence-electron chi connectivity index (χ0n) is 19.0. The molecule has 162 valence electrons. The monoisotopic (exact) mass is 386 g/mol. The van der Waals surface area contributed by atoms with Crippen LogP contribution in [0.15, 0.2) is 12.2 Å². The molecule has 0 spiro atoms. The second-order valence-corrected chi connectivity index (χ2v) is 10.7. The summed E-state index contributed by atoms with van der Waals surface area (Å²) in [5.41, 5.74) is 0. The average Bonchev–Trinajstić information content (AvgIpc) is 2.73. The molecule has 0 radical (unpaired) electrons. The van der Waals surface area contributed by atoms with Gasteiger partial charge in [0.2, 0.25) is 0 Å².